The molecular formula is C22H23BrN2O3. The summed E-state index contributed by atoms with van der Waals surface area (Å²) < 4.78 is 6.42. The fourth-order valence-electron chi connectivity index (χ4n) is 3.84. The van der Waals surface area contributed by atoms with Gasteiger partial charge in [-0.05, 0) is 68.0 Å². The molecule has 0 aromatic heterocycles. The predicted molar refractivity (Wildman–Crippen MR) is 111 cm³/mol. The fourth-order valence-corrected chi connectivity index (χ4v) is 4.24. The third-order valence-electron chi connectivity index (χ3n) is 5.55. The van der Waals surface area contributed by atoms with Gasteiger partial charge in [0.25, 0.3) is 11.8 Å². The van der Waals surface area contributed by atoms with Crippen molar-refractivity contribution in [3.63, 3.8) is 0 Å². The molecule has 2 aromatic rings. The van der Waals surface area contributed by atoms with Gasteiger partial charge in [-0.2, -0.15) is 0 Å². The number of rotatable bonds is 5. The molecule has 1 saturated heterocycles. The van der Waals surface area contributed by atoms with Crippen LogP contribution in [-0.2, 0) is 15.1 Å². The van der Waals surface area contributed by atoms with Gasteiger partial charge in [0.1, 0.15) is 6.10 Å². The van der Waals surface area contributed by atoms with E-state index in [2.05, 4.69) is 38.7 Å². The summed E-state index contributed by atoms with van der Waals surface area (Å²) in [7, 11) is 0. The van der Waals surface area contributed by atoms with Crippen molar-refractivity contribution in [3.05, 3.63) is 64.1 Å². The molecule has 1 atom stereocenters. The van der Waals surface area contributed by atoms with Gasteiger partial charge in [0, 0.05) is 22.3 Å². The Morgan fingerprint density at radius 3 is 2.57 bits per heavy atom. The molecule has 0 radical (unpaired) electrons. The Kier molecular flexibility index (Phi) is 5.51. The van der Waals surface area contributed by atoms with Crippen molar-refractivity contribution in [1.82, 2.24) is 5.32 Å². The van der Waals surface area contributed by atoms with Crippen molar-refractivity contribution in [1.29, 1.82) is 0 Å². The Morgan fingerprint density at radius 1 is 1.07 bits per heavy atom. The van der Waals surface area contributed by atoms with Gasteiger partial charge >= 0.3 is 0 Å². The van der Waals surface area contributed by atoms with Crippen LogP contribution in [-0.4, -0.2) is 24.5 Å². The number of ether oxygens (including phenoxy) is 1. The van der Waals surface area contributed by atoms with E-state index in [-0.39, 0.29) is 17.4 Å². The summed E-state index contributed by atoms with van der Waals surface area (Å²) in [5.74, 6) is -0.285. The number of carbonyl (C=O) groups is 2. The van der Waals surface area contributed by atoms with E-state index < -0.39 is 6.10 Å². The highest BCUT2D eigenvalue weighted by Gasteiger charge is 2.40. The second-order valence-electron chi connectivity index (χ2n) is 7.47. The van der Waals surface area contributed by atoms with E-state index in [0.717, 1.165) is 42.1 Å². The van der Waals surface area contributed by atoms with Crippen LogP contribution in [0.3, 0.4) is 0 Å². The molecule has 146 valence electrons. The van der Waals surface area contributed by atoms with Gasteiger partial charge in [-0.3, -0.25) is 9.59 Å². The summed E-state index contributed by atoms with van der Waals surface area (Å²) in [6.45, 7) is 0.623. The Bertz CT molecular complexity index is 889. The van der Waals surface area contributed by atoms with Crippen molar-refractivity contribution in [2.75, 3.05) is 11.9 Å². The number of hydrogen-bond donors (Lipinski definition) is 2. The first-order valence-corrected chi connectivity index (χ1v) is 10.5. The number of hydrogen-bond acceptors (Lipinski definition) is 3. The lowest BCUT2D eigenvalue weighted by Crippen LogP contribution is -2.50. The third kappa shape index (κ3) is 3.98. The lowest BCUT2D eigenvalue weighted by Gasteiger charge is -2.43. The number of benzene rings is 2. The number of anilines is 1. The SMILES string of the molecule is O=C(NC1(c2cccc(Br)c2)CCC1)c1cccc(NC(=O)C2CCCO2)c1. The number of nitrogens with one attached hydrogen (secondary N) is 2. The Labute approximate surface area is 173 Å². The minimum Gasteiger partial charge on any atom is -0.368 e. The van der Waals surface area contributed by atoms with E-state index in [1.165, 1.54) is 0 Å². The van der Waals surface area contributed by atoms with Crippen LogP contribution in [0.5, 0.6) is 0 Å². The second kappa shape index (κ2) is 8.05. The summed E-state index contributed by atoms with van der Waals surface area (Å²) in [5.41, 5.74) is 1.94. The van der Waals surface area contributed by atoms with Crippen molar-refractivity contribution < 1.29 is 14.3 Å². The van der Waals surface area contributed by atoms with Gasteiger partial charge < -0.3 is 15.4 Å². The van der Waals surface area contributed by atoms with E-state index >= 15 is 0 Å². The van der Waals surface area contributed by atoms with E-state index in [9.17, 15) is 9.59 Å². The first kappa shape index (κ1) is 19.2. The minimum absolute atomic E-state index is 0.132. The first-order chi connectivity index (χ1) is 13.6. The highest BCUT2D eigenvalue weighted by molar-refractivity contribution is 9.10. The van der Waals surface area contributed by atoms with Crippen LogP contribution in [0.25, 0.3) is 0 Å². The lowest BCUT2D eigenvalue weighted by molar-refractivity contribution is -0.124. The Hall–Kier alpha value is -2.18. The summed E-state index contributed by atoms with van der Waals surface area (Å²) in [4.78, 5) is 25.2. The molecule has 1 unspecified atom stereocenters. The van der Waals surface area contributed by atoms with Crippen LogP contribution in [0.4, 0.5) is 5.69 Å². The van der Waals surface area contributed by atoms with E-state index in [1.54, 1.807) is 24.3 Å². The maximum atomic E-state index is 12.9. The monoisotopic (exact) mass is 442 g/mol. The van der Waals surface area contributed by atoms with Crippen molar-refractivity contribution in [3.8, 4) is 0 Å². The molecule has 2 N–H and O–H groups in total. The standard InChI is InChI=1S/C22H23BrN2O3/c23-17-7-2-6-16(14-17)22(10-4-11-22)25-20(26)15-5-1-8-18(13-15)24-21(27)19-9-3-12-28-19/h1-2,5-8,13-14,19H,3-4,9-12H2,(H,24,27)(H,25,26). The Balaban J connectivity index is 1.48. The second-order valence-corrected chi connectivity index (χ2v) is 8.39. The zero-order valence-electron chi connectivity index (χ0n) is 15.5. The average Bonchev–Trinajstić information content (AvgIpc) is 3.19. The van der Waals surface area contributed by atoms with Crippen LogP contribution in [0.1, 0.15) is 48.0 Å². The summed E-state index contributed by atoms with van der Waals surface area (Å²) in [5, 5.41) is 6.09. The largest absolute Gasteiger partial charge is 0.368 e. The zero-order valence-corrected chi connectivity index (χ0v) is 17.1. The van der Waals surface area contributed by atoms with Crippen molar-refractivity contribution >= 4 is 33.4 Å². The van der Waals surface area contributed by atoms with Crippen molar-refractivity contribution in [2.45, 2.75) is 43.7 Å². The molecule has 2 fully saturated rings. The van der Waals surface area contributed by atoms with Crippen LogP contribution >= 0.6 is 15.9 Å². The topological polar surface area (TPSA) is 67.4 Å². The molecule has 0 bridgehead atoms. The molecule has 2 amide bonds. The molecule has 2 aliphatic rings. The summed E-state index contributed by atoms with van der Waals surface area (Å²) in [6, 6.07) is 15.2. The number of halogens is 1. The summed E-state index contributed by atoms with van der Waals surface area (Å²) >= 11 is 3.52. The van der Waals surface area contributed by atoms with E-state index in [4.69, 9.17) is 4.74 Å². The Morgan fingerprint density at radius 2 is 1.89 bits per heavy atom. The zero-order chi connectivity index (χ0) is 19.6. The van der Waals surface area contributed by atoms with Crippen LogP contribution in [0.2, 0.25) is 0 Å². The maximum Gasteiger partial charge on any atom is 0.253 e. The van der Waals surface area contributed by atoms with Crippen LogP contribution in [0, 0.1) is 0 Å². The highest BCUT2D eigenvalue weighted by Crippen LogP contribution is 2.42. The molecular weight excluding hydrogens is 420 g/mol. The molecule has 1 heterocycles. The molecule has 5 nitrogen and oxygen atoms in total. The number of amides is 2. The number of carbonyl (C=O) groups excluding carboxylic acids is 2. The summed E-state index contributed by atoms with van der Waals surface area (Å²) in [6.07, 6.45) is 4.17. The first-order valence-electron chi connectivity index (χ1n) is 9.67. The van der Waals surface area contributed by atoms with Gasteiger partial charge in [0.15, 0.2) is 0 Å². The molecule has 0 spiro atoms. The average molecular weight is 443 g/mol. The fraction of sp³-hybridized carbons (Fsp3) is 0.364. The third-order valence-corrected chi connectivity index (χ3v) is 6.04. The molecule has 1 aliphatic carbocycles. The highest BCUT2D eigenvalue weighted by atomic mass is 79.9. The van der Waals surface area contributed by atoms with Gasteiger partial charge in [-0.1, -0.05) is 34.1 Å². The normalized spacial score (nSPS) is 20.2. The molecule has 2 aromatic carbocycles. The van der Waals surface area contributed by atoms with Crippen LogP contribution < -0.4 is 10.6 Å². The quantitative estimate of drug-likeness (QED) is 0.721. The molecule has 4 rings (SSSR count). The van der Waals surface area contributed by atoms with Gasteiger partial charge in [-0.15, -0.1) is 0 Å². The predicted octanol–water partition coefficient (Wildman–Crippen LogP) is 4.38. The maximum absolute atomic E-state index is 12.9. The van der Waals surface area contributed by atoms with Crippen molar-refractivity contribution in [2.24, 2.45) is 0 Å². The van der Waals surface area contributed by atoms with Gasteiger partial charge in [0.05, 0.1) is 5.54 Å². The minimum atomic E-state index is -0.396. The molecule has 6 heteroatoms. The molecule has 28 heavy (non-hydrogen) atoms. The molecule has 1 saturated carbocycles. The van der Waals surface area contributed by atoms with E-state index in [1.807, 2.05) is 12.1 Å². The lowest BCUT2D eigenvalue weighted by atomic mass is 9.71. The van der Waals surface area contributed by atoms with Gasteiger partial charge in [-0.25, -0.2) is 0 Å². The van der Waals surface area contributed by atoms with Gasteiger partial charge in [0.2, 0.25) is 0 Å². The smallest absolute Gasteiger partial charge is 0.253 e. The molecule has 1 aliphatic heterocycles. The van der Waals surface area contributed by atoms with Crippen LogP contribution in [0.15, 0.2) is 53.0 Å². The van der Waals surface area contributed by atoms with E-state index in [0.29, 0.717) is 17.9 Å².